The van der Waals surface area contributed by atoms with Gasteiger partial charge in [-0.15, -0.1) is 0 Å². The number of benzene rings is 2. The van der Waals surface area contributed by atoms with Crippen LogP contribution in [0.5, 0.6) is 5.75 Å². The molecule has 7 heteroatoms. The maximum atomic E-state index is 12.4. The van der Waals surface area contributed by atoms with E-state index in [2.05, 4.69) is 15.3 Å². The highest BCUT2D eigenvalue weighted by molar-refractivity contribution is 8.18. The average molecular weight is 438 g/mol. The van der Waals surface area contributed by atoms with E-state index in [0.29, 0.717) is 28.2 Å². The lowest BCUT2D eigenvalue weighted by atomic mass is 10.1. The van der Waals surface area contributed by atoms with Gasteiger partial charge in [0.15, 0.2) is 5.17 Å². The third kappa shape index (κ3) is 4.35. The van der Waals surface area contributed by atoms with Crippen LogP contribution in [0.15, 0.2) is 58.6 Å². The Hall–Kier alpha value is -2.83. The number of nitrogens with zero attached hydrogens (tertiary/aromatic N) is 2. The predicted octanol–water partition coefficient (Wildman–Crippen LogP) is 5.36. The molecule has 0 spiro atoms. The smallest absolute Gasteiger partial charge is 0.264 e. The van der Waals surface area contributed by atoms with E-state index in [-0.39, 0.29) is 5.91 Å². The summed E-state index contributed by atoms with van der Waals surface area (Å²) in [5.74, 6) is 0.620. The summed E-state index contributed by atoms with van der Waals surface area (Å²) in [5.41, 5.74) is 3.79. The number of fused-ring (bicyclic) bond motifs is 1. The zero-order valence-electron chi connectivity index (χ0n) is 16.6. The van der Waals surface area contributed by atoms with Gasteiger partial charge in [-0.1, -0.05) is 29.8 Å². The summed E-state index contributed by atoms with van der Waals surface area (Å²) in [6, 6.07) is 13.5. The first-order valence-electron chi connectivity index (χ1n) is 9.56. The molecule has 1 aliphatic heterocycles. The number of hydrogen-bond acceptors (Lipinski definition) is 5. The molecule has 1 amide bonds. The van der Waals surface area contributed by atoms with Gasteiger partial charge in [-0.25, -0.2) is 0 Å². The molecule has 0 saturated carbocycles. The summed E-state index contributed by atoms with van der Waals surface area (Å²) in [4.78, 5) is 21.9. The van der Waals surface area contributed by atoms with Crippen LogP contribution in [0.4, 0.5) is 0 Å². The minimum atomic E-state index is -0.161. The van der Waals surface area contributed by atoms with Gasteiger partial charge in [-0.3, -0.25) is 14.8 Å². The Labute approximate surface area is 184 Å². The van der Waals surface area contributed by atoms with Crippen LogP contribution >= 0.6 is 23.4 Å². The number of hydrogen-bond donors (Lipinski definition) is 1. The lowest BCUT2D eigenvalue weighted by molar-refractivity contribution is -0.115. The summed E-state index contributed by atoms with van der Waals surface area (Å²) in [6.45, 7) is 4.94. The van der Waals surface area contributed by atoms with Gasteiger partial charge < -0.3 is 10.1 Å². The van der Waals surface area contributed by atoms with Crippen molar-refractivity contribution in [2.75, 3.05) is 6.61 Å². The molecule has 152 valence electrons. The van der Waals surface area contributed by atoms with Crippen molar-refractivity contribution in [1.82, 2.24) is 10.3 Å². The minimum Gasteiger partial charge on any atom is -0.493 e. The van der Waals surface area contributed by atoms with E-state index >= 15 is 0 Å². The van der Waals surface area contributed by atoms with Gasteiger partial charge in [0.05, 0.1) is 23.6 Å². The molecule has 2 heterocycles. The van der Waals surface area contributed by atoms with Crippen LogP contribution in [0.25, 0.3) is 17.0 Å². The van der Waals surface area contributed by atoms with E-state index in [1.54, 1.807) is 6.20 Å². The molecular formula is C23H20ClN3O2S. The molecule has 1 aromatic heterocycles. The minimum absolute atomic E-state index is 0.161. The van der Waals surface area contributed by atoms with Crippen molar-refractivity contribution >= 4 is 51.4 Å². The number of halogens is 1. The third-order valence-electron chi connectivity index (χ3n) is 4.71. The number of amides is 1. The SMILES string of the molecule is CCOc1ccnc2ccc(C=C3SC(=NCc4c(C)cccc4Cl)NC3=O)cc12. The molecule has 2 aromatic carbocycles. The lowest BCUT2D eigenvalue weighted by Crippen LogP contribution is -2.19. The Morgan fingerprint density at radius 2 is 2.13 bits per heavy atom. The first-order chi connectivity index (χ1) is 14.5. The standard InChI is InChI=1S/C23H20ClN3O2S/c1-3-29-20-9-10-25-19-8-7-15(11-16(19)20)12-21-22(28)27-23(30-21)26-13-17-14(2)5-4-6-18(17)24/h4-12H,3,13H2,1-2H3,(H,26,27,28). The van der Waals surface area contributed by atoms with Gasteiger partial charge in [0.2, 0.25) is 0 Å². The molecule has 0 atom stereocenters. The van der Waals surface area contributed by atoms with E-state index < -0.39 is 0 Å². The number of amidine groups is 1. The third-order valence-corrected chi connectivity index (χ3v) is 6.01. The molecule has 0 bridgehead atoms. The molecule has 1 N–H and O–H groups in total. The Kier molecular flexibility index (Phi) is 6.06. The van der Waals surface area contributed by atoms with Crippen molar-refractivity contribution in [3.05, 3.63) is 75.3 Å². The number of carbonyl (C=O) groups is 1. The van der Waals surface area contributed by atoms with Gasteiger partial charge in [0, 0.05) is 16.6 Å². The molecular weight excluding hydrogens is 418 g/mol. The fourth-order valence-corrected chi connectivity index (χ4v) is 4.28. The van der Waals surface area contributed by atoms with Crippen molar-refractivity contribution in [3.8, 4) is 5.75 Å². The van der Waals surface area contributed by atoms with E-state index in [1.165, 1.54) is 11.8 Å². The van der Waals surface area contributed by atoms with E-state index in [1.807, 2.05) is 62.4 Å². The normalized spacial score (nSPS) is 16.4. The predicted molar refractivity (Wildman–Crippen MR) is 124 cm³/mol. The van der Waals surface area contributed by atoms with E-state index in [4.69, 9.17) is 16.3 Å². The zero-order chi connectivity index (χ0) is 21.1. The van der Waals surface area contributed by atoms with Crippen molar-refractivity contribution in [2.45, 2.75) is 20.4 Å². The second-order valence-electron chi connectivity index (χ2n) is 6.74. The molecule has 1 fully saturated rings. The number of nitrogens with one attached hydrogen (secondary N) is 1. The summed E-state index contributed by atoms with van der Waals surface area (Å²) < 4.78 is 5.70. The first kappa shape index (κ1) is 20.4. The van der Waals surface area contributed by atoms with Gasteiger partial charge >= 0.3 is 0 Å². The fraction of sp³-hybridized carbons (Fsp3) is 0.174. The molecule has 4 rings (SSSR count). The fourth-order valence-electron chi connectivity index (χ4n) is 3.18. The van der Waals surface area contributed by atoms with Crippen LogP contribution in [0.1, 0.15) is 23.6 Å². The maximum Gasteiger partial charge on any atom is 0.264 e. The second-order valence-corrected chi connectivity index (χ2v) is 8.18. The van der Waals surface area contributed by atoms with E-state index in [0.717, 1.165) is 33.3 Å². The van der Waals surface area contributed by atoms with Crippen LogP contribution in [-0.4, -0.2) is 22.7 Å². The maximum absolute atomic E-state index is 12.4. The molecule has 0 aliphatic carbocycles. The summed E-state index contributed by atoms with van der Waals surface area (Å²) in [6.07, 6.45) is 3.58. The van der Waals surface area contributed by atoms with Crippen molar-refractivity contribution in [3.63, 3.8) is 0 Å². The first-order valence-corrected chi connectivity index (χ1v) is 10.8. The highest BCUT2D eigenvalue weighted by Gasteiger charge is 2.23. The second kappa shape index (κ2) is 8.90. The summed E-state index contributed by atoms with van der Waals surface area (Å²) in [5, 5.41) is 5.00. The largest absolute Gasteiger partial charge is 0.493 e. The number of aromatic nitrogens is 1. The number of aryl methyl sites for hydroxylation is 1. The Morgan fingerprint density at radius 1 is 1.27 bits per heavy atom. The molecule has 0 radical (unpaired) electrons. The highest BCUT2D eigenvalue weighted by atomic mass is 35.5. The number of carbonyl (C=O) groups excluding carboxylic acids is 1. The monoisotopic (exact) mass is 437 g/mol. The van der Waals surface area contributed by atoms with E-state index in [9.17, 15) is 4.79 Å². The summed E-state index contributed by atoms with van der Waals surface area (Å²) in [7, 11) is 0. The molecule has 0 unspecified atom stereocenters. The number of pyridine rings is 1. The number of rotatable bonds is 5. The lowest BCUT2D eigenvalue weighted by Gasteiger charge is -2.07. The van der Waals surface area contributed by atoms with Gasteiger partial charge in [-0.05, 0) is 72.6 Å². The van der Waals surface area contributed by atoms with Gasteiger partial charge in [0.1, 0.15) is 5.75 Å². The van der Waals surface area contributed by atoms with Crippen molar-refractivity contribution < 1.29 is 9.53 Å². The molecule has 5 nitrogen and oxygen atoms in total. The van der Waals surface area contributed by atoms with Crippen LogP contribution in [0, 0.1) is 6.92 Å². The summed E-state index contributed by atoms with van der Waals surface area (Å²) >= 11 is 7.60. The number of ether oxygens (including phenoxy) is 1. The Balaban J connectivity index is 1.57. The number of thioether (sulfide) groups is 1. The Bertz CT molecular complexity index is 1170. The number of aliphatic imine (C=N–C) groups is 1. The van der Waals surface area contributed by atoms with Crippen LogP contribution in [0.2, 0.25) is 5.02 Å². The van der Waals surface area contributed by atoms with Crippen molar-refractivity contribution in [2.24, 2.45) is 4.99 Å². The Morgan fingerprint density at radius 3 is 2.93 bits per heavy atom. The zero-order valence-corrected chi connectivity index (χ0v) is 18.2. The topological polar surface area (TPSA) is 63.6 Å². The van der Waals surface area contributed by atoms with Crippen molar-refractivity contribution in [1.29, 1.82) is 0 Å². The molecule has 1 saturated heterocycles. The van der Waals surface area contributed by atoms with Gasteiger partial charge in [0.25, 0.3) is 5.91 Å². The quantitative estimate of drug-likeness (QED) is 0.546. The van der Waals surface area contributed by atoms with Crippen LogP contribution in [-0.2, 0) is 11.3 Å². The molecule has 1 aliphatic rings. The average Bonchev–Trinajstić information content (AvgIpc) is 3.07. The van der Waals surface area contributed by atoms with Crippen LogP contribution < -0.4 is 10.1 Å². The van der Waals surface area contributed by atoms with Gasteiger partial charge in [-0.2, -0.15) is 0 Å². The van der Waals surface area contributed by atoms with Crippen LogP contribution in [0.3, 0.4) is 0 Å². The molecule has 3 aromatic rings. The molecule has 30 heavy (non-hydrogen) atoms. The highest BCUT2D eigenvalue weighted by Crippen LogP contribution is 2.30.